The van der Waals surface area contributed by atoms with E-state index in [1.165, 1.54) is 5.56 Å². The number of ether oxygens (including phenoxy) is 2. The number of methoxy groups -OCH3 is 2. The maximum absolute atomic E-state index is 5.64. The first-order valence-electron chi connectivity index (χ1n) is 7.00. The summed E-state index contributed by atoms with van der Waals surface area (Å²) in [6.07, 6.45) is 0.910. The number of hydrogen-bond acceptors (Lipinski definition) is 4. The van der Waals surface area contributed by atoms with Gasteiger partial charge < -0.3 is 20.5 Å². The topological polar surface area (TPSA) is 56.5 Å². The van der Waals surface area contributed by atoms with E-state index in [2.05, 4.69) is 17.4 Å². The van der Waals surface area contributed by atoms with Gasteiger partial charge in [0.1, 0.15) is 0 Å². The van der Waals surface area contributed by atoms with E-state index in [1.54, 1.807) is 14.2 Å². The molecule has 0 aliphatic carbocycles. The van der Waals surface area contributed by atoms with Crippen molar-refractivity contribution in [2.45, 2.75) is 13.0 Å². The fourth-order valence-electron chi connectivity index (χ4n) is 2.20. The Bertz CT molecular complexity index is 585. The van der Waals surface area contributed by atoms with Crippen molar-refractivity contribution in [2.24, 2.45) is 5.73 Å². The molecule has 0 saturated heterocycles. The fraction of sp³-hybridized carbons (Fsp3) is 0.294. The molecule has 0 aromatic heterocycles. The summed E-state index contributed by atoms with van der Waals surface area (Å²) in [5, 5.41) is 3.41. The van der Waals surface area contributed by atoms with Crippen LogP contribution in [0.4, 0.5) is 5.69 Å². The van der Waals surface area contributed by atoms with Gasteiger partial charge in [0, 0.05) is 18.8 Å². The van der Waals surface area contributed by atoms with Crippen molar-refractivity contribution in [3.63, 3.8) is 0 Å². The first-order valence-corrected chi connectivity index (χ1v) is 7.00. The van der Waals surface area contributed by atoms with Crippen LogP contribution < -0.4 is 20.5 Å². The van der Waals surface area contributed by atoms with Crippen molar-refractivity contribution >= 4 is 5.69 Å². The largest absolute Gasteiger partial charge is 0.493 e. The van der Waals surface area contributed by atoms with Crippen LogP contribution >= 0.6 is 0 Å². The average Bonchev–Trinajstić information content (AvgIpc) is 2.55. The molecule has 0 aliphatic rings. The second-order valence-corrected chi connectivity index (χ2v) is 4.77. The quantitative estimate of drug-likeness (QED) is 0.822. The number of nitrogens with two attached hydrogens (primary N) is 1. The molecule has 0 saturated carbocycles. The van der Waals surface area contributed by atoms with Gasteiger partial charge in [0.2, 0.25) is 0 Å². The van der Waals surface area contributed by atoms with Crippen molar-refractivity contribution in [3.05, 3.63) is 53.6 Å². The molecular weight excluding hydrogens is 264 g/mol. The fourth-order valence-corrected chi connectivity index (χ4v) is 2.20. The lowest BCUT2D eigenvalue weighted by Gasteiger charge is -2.11. The van der Waals surface area contributed by atoms with Crippen LogP contribution in [0.25, 0.3) is 0 Å². The Morgan fingerprint density at radius 1 is 0.952 bits per heavy atom. The van der Waals surface area contributed by atoms with E-state index in [4.69, 9.17) is 15.2 Å². The van der Waals surface area contributed by atoms with Gasteiger partial charge in [-0.1, -0.05) is 18.2 Å². The Balaban J connectivity index is 1.93. The average molecular weight is 286 g/mol. The van der Waals surface area contributed by atoms with E-state index in [-0.39, 0.29) is 0 Å². The molecule has 0 spiro atoms. The van der Waals surface area contributed by atoms with Gasteiger partial charge in [0.05, 0.1) is 14.2 Å². The van der Waals surface area contributed by atoms with E-state index in [1.807, 2.05) is 30.3 Å². The number of hydrogen-bond donors (Lipinski definition) is 2. The van der Waals surface area contributed by atoms with Crippen LogP contribution in [0, 0.1) is 0 Å². The molecular formula is C17H22N2O2. The molecule has 21 heavy (non-hydrogen) atoms. The van der Waals surface area contributed by atoms with Crippen LogP contribution in [0.15, 0.2) is 42.5 Å². The number of benzene rings is 2. The second kappa shape index (κ2) is 7.55. The van der Waals surface area contributed by atoms with Crippen molar-refractivity contribution in [3.8, 4) is 11.5 Å². The van der Waals surface area contributed by atoms with Crippen LogP contribution in [0.2, 0.25) is 0 Å². The third-order valence-corrected chi connectivity index (χ3v) is 3.35. The number of rotatable bonds is 7. The van der Waals surface area contributed by atoms with E-state index in [9.17, 15) is 0 Å². The van der Waals surface area contributed by atoms with Gasteiger partial charge >= 0.3 is 0 Å². The lowest BCUT2D eigenvalue weighted by atomic mass is 10.1. The summed E-state index contributed by atoms with van der Waals surface area (Å²) in [5.41, 5.74) is 9.07. The molecule has 2 aromatic carbocycles. The van der Waals surface area contributed by atoms with Gasteiger partial charge in [-0.2, -0.15) is 0 Å². The van der Waals surface area contributed by atoms with E-state index < -0.39 is 0 Å². The molecule has 0 heterocycles. The first-order chi connectivity index (χ1) is 10.3. The van der Waals surface area contributed by atoms with Gasteiger partial charge in [0.15, 0.2) is 11.5 Å². The molecule has 2 rings (SSSR count). The summed E-state index contributed by atoms with van der Waals surface area (Å²) >= 11 is 0. The summed E-state index contributed by atoms with van der Waals surface area (Å²) in [6.45, 7) is 1.41. The van der Waals surface area contributed by atoms with Crippen molar-refractivity contribution in [2.75, 3.05) is 26.1 Å². The Hall–Kier alpha value is -2.20. The predicted octanol–water partition coefficient (Wildman–Crippen LogP) is 2.82. The van der Waals surface area contributed by atoms with Crippen LogP contribution in [-0.2, 0) is 13.0 Å². The summed E-state index contributed by atoms with van der Waals surface area (Å²) in [7, 11) is 3.29. The highest BCUT2D eigenvalue weighted by Gasteiger charge is 2.04. The van der Waals surface area contributed by atoms with Crippen molar-refractivity contribution in [1.29, 1.82) is 0 Å². The van der Waals surface area contributed by atoms with Crippen LogP contribution in [0.5, 0.6) is 11.5 Å². The highest BCUT2D eigenvalue weighted by molar-refractivity contribution is 5.46. The lowest BCUT2D eigenvalue weighted by Crippen LogP contribution is -2.06. The third kappa shape index (κ3) is 4.13. The molecule has 0 amide bonds. The van der Waals surface area contributed by atoms with Crippen molar-refractivity contribution in [1.82, 2.24) is 0 Å². The van der Waals surface area contributed by atoms with Gasteiger partial charge in [-0.05, 0) is 41.8 Å². The maximum atomic E-state index is 5.64. The van der Waals surface area contributed by atoms with Gasteiger partial charge in [-0.3, -0.25) is 0 Å². The minimum Gasteiger partial charge on any atom is -0.493 e. The lowest BCUT2D eigenvalue weighted by molar-refractivity contribution is 0.354. The molecule has 2 aromatic rings. The van der Waals surface area contributed by atoms with Crippen LogP contribution in [-0.4, -0.2) is 20.8 Å². The normalized spacial score (nSPS) is 10.2. The number of anilines is 1. The summed E-state index contributed by atoms with van der Waals surface area (Å²) in [6, 6.07) is 14.2. The molecule has 0 unspecified atom stereocenters. The highest BCUT2D eigenvalue weighted by Crippen LogP contribution is 2.27. The highest BCUT2D eigenvalue weighted by atomic mass is 16.5. The minimum absolute atomic E-state index is 0.561. The van der Waals surface area contributed by atoms with E-state index in [0.717, 1.165) is 35.7 Å². The molecule has 3 N–H and O–H groups in total. The summed E-state index contributed by atoms with van der Waals surface area (Å²) in [4.78, 5) is 0. The molecule has 4 heteroatoms. The molecule has 0 fully saturated rings. The van der Waals surface area contributed by atoms with Gasteiger partial charge in [-0.25, -0.2) is 0 Å². The molecule has 0 radical (unpaired) electrons. The van der Waals surface area contributed by atoms with Crippen molar-refractivity contribution < 1.29 is 9.47 Å². The SMILES string of the molecule is COc1ccc(CCNc2cccc(CN)c2)cc1OC. The van der Waals surface area contributed by atoms with Gasteiger partial charge in [0.25, 0.3) is 0 Å². The molecule has 112 valence electrons. The zero-order valence-electron chi connectivity index (χ0n) is 12.6. The Kier molecular flexibility index (Phi) is 5.46. The first kappa shape index (κ1) is 15.2. The van der Waals surface area contributed by atoms with E-state index >= 15 is 0 Å². The Labute approximate surface area is 125 Å². The zero-order valence-corrected chi connectivity index (χ0v) is 12.6. The molecule has 0 bridgehead atoms. The Morgan fingerprint density at radius 2 is 1.76 bits per heavy atom. The molecule has 4 nitrogen and oxygen atoms in total. The van der Waals surface area contributed by atoms with Gasteiger partial charge in [-0.15, -0.1) is 0 Å². The monoisotopic (exact) mass is 286 g/mol. The van der Waals surface area contributed by atoms with Crippen LogP contribution in [0.3, 0.4) is 0 Å². The maximum Gasteiger partial charge on any atom is 0.160 e. The zero-order chi connectivity index (χ0) is 15.1. The van der Waals surface area contributed by atoms with E-state index in [0.29, 0.717) is 6.54 Å². The summed E-state index contributed by atoms with van der Waals surface area (Å²) < 4.78 is 10.6. The van der Waals surface area contributed by atoms with Crippen LogP contribution in [0.1, 0.15) is 11.1 Å². The predicted molar refractivity (Wildman–Crippen MR) is 86.1 cm³/mol. The summed E-state index contributed by atoms with van der Waals surface area (Å²) in [5.74, 6) is 1.52. The third-order valence-electron chi connectivity index (χ3n) is 3.35. The standard InChI is InChI=1S/C17H22N2O2/c1-20-16-7-6-13(11-17(16)21-2)8-9-19-15-5-3-4-14(10-15)12-18/h3-7,10-11,19H,8-9,12,18H2,1-2H3. The Morgan fingerprint density at radius 3 is 2.48 bits per heavy atom. The smallest absolute Gasteiger partial charge is 0.160 e. The molecule has 0 atom stereocenters. The second-order valence-electron chi connectivity index (χ2n) is 4.77. The molecule has 0 aliphatic heterocycles. The minimum atomic E-state index is 0.561. The number of nitrogens with one attached hydrogen (secondary N) is 1.